The normalized spacial score (nSPS) is 11.9. The molecule has 0 radical (unpaired) electrons. The Hall–Kier alpha value is -4.28. The van der Waals surface area contributed by atoms with Gasteiger partial charge in [-0.25, -0.2) is 4.79 Å². The Bertz CT molecular complexity index is 1230. The Morgan fingerprint density at radius 3 is 2.14 bits per heavy atom. The van der Waals surface area contributed by atoms with E-state index in [2.05, 4.69) is 0 Å². The van der Waals surface area contributed by atoms with Gasteiger partial charge in [0.05, 0.1) is 18.6 Å². The van der Waals surface area contributed by atoms with Gasteiger partial charge in [0, 0.05) is 23.0 Å². The Balaban J connectivity index is 1.52. The van der Waals surface area contributed by atoms with Crippen molar-refractivity contribution in [1.29, 1.82) is 0 Å². The van der Waals surface area contributed by atoms with Gasteiger partial charge in [-0.3, -0.25) is 0 Å². The molecule has 0 spiro atoms. The first kappa shape index (κ1) is 27.3. The summed E-state index contributed by atoms with van der Waals surface area (Å²) in [5.74, 6) is -0.752. The number of ether oxygens (including phenoxy) is 3. The average Bonchev–Trinajstić information content (AvgIpc) is 2.82. The highest BCUT2D eigenvalue weighted by molar-refractivity contribution is 5.87. The Morgan fingerprint density at radius 2 is 1.51 bits per heavy atom. The van der Waals surface area contributed by atoms with E-state index < -0.39 is 36.8 Å². The molecule has 6 nitrogen and oxygen atoms in total. The van der Waals surface area contributed by atoms with Crippen molar-refractivity contribution in [2.24, 2.45) is 0 Å². The first-order chi connectivity index (χ1) is 17.4. The maximum atomic E-state index is 14.5. The summed E-state index contributed by atoms with van der Waals surface area (Å²) in [6, 6.07) is 14.6. The zero-order valence-electron chi connectivity index (χ0n) is 19.3. The first-order valence-corrected chi connectivity index (χ1v) is 10.9. The molecule has 0 saturated carbocycles. The van der Waals surface area contributed by atoms with Crippen LogP contribution >= 0.6 is 0 Å². The maximum absolute atomic E-state index is 14.5. The summed E-state index contributed by atoms with van der Waals surface area (Å²) in [6.07, 6.45) is -6.62. The topological polar surface area (TPSA) is 96.8 Å². The molecule has 11 heteroatoms. The van der Waals surface area contributed by atoms with Crippen LogP contribution < -0.4 is 20.9 Å². The zero-order chi connectivity index (χ0) is 27.1. The van der Waals surface area contributed by atoms with Crippen molar-refractivity contribution in [3.63, 3.8) is 0 Å². The fourth-order valence-corrected chi connectivity index (χ4v) is 2.99. The van der Waals surface area contributed by atoms with E-state index in [1.807, 2.05) is 0 Å². The lowest BCUT2D eigenvalue weighted by atomic mass is 10.2. The van der Waals surface area contributed by atoms with Crippen molar-refractivity contribution < 1.29 is 41.0 Å². The molecule has 37 heavy (non-hydrogen) atoms. The molecular weight excluding hydrogens is 499 g/mol. The number of benzene rings is 3. The third-order valence-electron chi connectivity index (χ3n) is 4.92. The molecule has 0 aliphatic carbocycles. The van der Waals surface area contributed by atoms with Gasteiger partial charge in [0.1, 0.15) is 18.1 Å². The number of nitrogen functional groups attached to an aromatic ring is 2. The lowest BCUT2D eigenvalue weighted by Gasteiger charge is -2.18. The summed E-state index contributed by atoms with van der Waals surface area (Å²) in [6.45, 7) is -0.663. The summed E-state index contributed by atoms with van der Waals surface area (Å²) in [5.41, 5.74) is 12.9. The third-order valence-corrected chi connectivity index (χ3v) is 4.92. The Kier molecular flexibility index (Phi) is 8.59. The zero-order valence-corrected chi connectivity index (χ0v) is 19.3. The van der Waals surface area contributed by atoms with Crippen molar-refractivity contribution in [1.82, 2.24) is 0 Å². The van der Waals surface area contributed by atoms with Crippen LogP contribution in [0.1, 0.15) is 23.1 Å². The second kappa shape index (κ2) is 11.6. The Labute approximate surface area is 209 Å². The van der Waals surface area contributed by atoms with Crippen molar-refractivity contribution in [2.45, 2.75) is 25.3 Å². The molecule has 3 aromatic rings. The SMILES string of the molecule is Nc1ccc(COC(=O)/C=C/c2ccc(OC(F)(F)c3ccc(OCCC(F)(F)F)cc3)cc2)c(N)c1. The van der Waals surface area contributed by atoms with Crippen molar-refractivity contribution >= 4 is 23.4 Å². The minimum atomic E-state index is -4.37. The second-order valence-corrected chi connectivity index (χ2v) is 7.83. The number of anilines is 2. The fourth-order valence-electron chi connectivity index (χ4n) is 2.99. The molecule has 0 amide bonds. The third kappa shape index (κ3) is 8.71. The van der Waals surface area contributed by atoms with E-state index in [1.54, 1.807) is 18.2 Å². The summed E-state index contributed by atoms with van der Waals surface area (Å²) in [4.78, 5) is 11.9. The van der Waals surface area contributed by atoms with Crippen molar-refractivity contribution in [3.8, 4) is 11.5 Å². The summed E-state index contributed by atoms with van der Waals surface area (Å²) in [7, 11) is 0. The van der Waals surface area contributed by atoms with E-state index in [9.17, 15) is 26.7 Å². The number of carbonyl (C=O) groups excluding carboxylic acids is 1. The molecule has 3 aromatic carbocycles. The van der Waals surface area contributed by atoms with E-state index >= 15 is 0 Å². The number of rotatable bonds is 10. The molecule has 4 N–H and O–H groups in total. The maximum Gasteiger partial charge on any atom is 0.426 e. The van der Waals surface area contributed by atoms with Crippen LogP contribution in [0.4, 0.5) is 33.3 Å². The van der Waals surface area contributed by atoms with Crippen LogP contribution in [0.25, 0.3) is 6.08 Å². The Morgan fingerprint density at radius 1 is 0.865 bits per heavy atom. The van der Waals surface area contributed by atoms with Gasteiger partial charge in [-0.15, -0.1) is 0 Å². The molecule has 0 unspecified atom stereocenters. The molecule has 3 rings (SSSR count). The quantitative estimate of drug-likeness (QED) is 0.145. The number of alkyl halides is 5. The smallest absolute Gasteiger partial charge is 0.426 e. The standard InChI is InChI=1S/C26H23F5N2O4/c27-25(28,29)13-14-35-21-10-5-19(6-11-21)26(30,31)37-22-8-1-17(2-9-22)3-12-24(34)36-16-18-4-7-20(32)15-23(18)33/h1-12,15H,13-14,16,32-33H2/b12-3+. The van der Waals surface area contributed by atoms with E-state index in [1.165, 1.54) is 36.4 Å². The number of halogens is 5. The number of hydrogen-bond donors (Lipinski definition) is 2. The molecule has 0 fully saturated rings. The van der Waals surface area contributed by atoms with Gasteiger partial charge in [0.2, 0.25) is 0 Å². The number of esters is 1. The predicted octanol–water partition coefficient (Wildman–Crippen LogP) is 6.07. The number of hydrogen-bond acceptors (Lipinski definition) is 6. The predicted molar refractivity (Wildman–Crippen MR) is 128 cm³/mol. The van der Waals surface area contributed by atoms with Crippen molar-refractivity contribution in [2.75, 3.05) is 18.1 Å². The van der Waals surface area contributed by atoms with Crippen molar-refractivity contribution in [3.05, 3.63) is 89.5 Å². The van der Waals surface area contributed by atoms with Crippen LogP contribution in [0.15, 0.2) is 72.8 Å². The van der Waals surface area contributed by atoms with Gasteiger partial charge < -0.3 is 25.7 Å². The summed E-state index contributed by atoms with van der Waals surface area (Å²) in [5, 5.41) is 0. The van der Waals surface area contributed by atoms with Crippen LogP contribution in [0.5, 0.6) is 11.5 Å². The lowest BCUT2D eigenvalue weighted by Crippen LogP contribution is -2.21. The molecule has 0 aliphatic rings. The molecule has 0 bridgehead atoms. The highest BCUT2D eigenvalue weighted by Gasteiger charge is 2.34. The van der Waals surface area contributed by atoms with Gasteiger partial charge in [-0.1, -0.05) is 18.2 Å². The van der Waals surface area contributed by atoms with E-state index in [0.717, 1.165) is 24.3 Å². The van der Waals surface area contributed by atoms with Crippen LogP contribution in [-0.2, 0) is 22.2 Å². The largest absolute Gasteiger partial charge is 0.493 e. The second-order valence-electron chi connectivity index (χ2n) is 7.83. The molecular formula is C26H23F5N2O4. The van der Waals surface area contributed by atoms with Crippen LogP contribution in [0.3, 0.4) is 0 Å². The monoisotopic (exact) mass is 522 g/mol. The summed E-state index contributed by atoms with van der Waals surface area (Å²) < 4.78 is 80.4. The van der Waals surface area contributed by atoms with E-state index in [0.29, 0.717) is 22.5 Å². The van der Waals surface area contributed by atoms with Gasteiger partial charge in [-0.2, -0.15) is 22.0 Å². The highest BCUT2D eigenvalue weighted by Crippen LogP contribution is 2.33. The van der Waals surface area contributed by atoms with Crippen LogP contribution in [-0.4, -0.2) is 18.8 Å². The van der Waals surface area contributed by atoms with Gasteiger partial charge in [-0.05, 0) is 60.2 Å². The molecule has 0 saturated heterocycles. The number of carbonyl (C=O) groups is 1. The average molecular weight is 522 g/mol. The lowest BCUT2D eigenvalue weighted by molar-refractivity contribution is -0.185. The molecule has 0 atom stereocenters. The summed E-state index contributed by atoms with van der Waals surface area (Å²) >= 11 is 0. The highest BCUT2D eigenvalue weighted by atomic mass is 19.4. The molecule has 0 aromatic heterocycles. The fraction of sp³-hybridized carbons (Fsp3) is 0.192. The van der Waals surface area contributed by atoms with Crippen LogP contribution in [0, 0.1) is 0 Å². The van der Waals surface area contributed by atoms with Crippen LogP contribution in [0.2, 0.25) is 0 Å². The minimum Gasteiger partial charge on any atom is -0.493 e. The van der Waals surface area contributed by atoms with Gasteiger partial charge in [0.25, 0.3) is 0 Å². The molecule has 0 heterocycles. The van der Waals surface area contributed by atoms with E-state index in [4.69, 9.17) is 25.7 Å². The minimum absolute atomic E-state index is 0.0235. The van der Waals surface area contributed by atoms with E-state index in [-0.39, 0.29) is 18.1 Å². The first-order valence-electron chi connectivity index (χ1n) is 10.9. The molecule has 0 aliphatic heterocycles. The van der Waals surface area contributed by atoms with Gasteiger partial charge in [0.15, 0.2) is 0 Å². The number of nitrogens with two attached hydrogens (primary N) is 2. The van der Waals surface area contributed by atoms with Gasteiger partial charge >= 0.3 is 18.3 Å². The molecule has 196 valence electrons.